The van der Waals surface area contributed by atoms with Gasteiger partial charge in [-0.05, 0) is 44.2 Å². The Morgan fingerprint density at radius 3 is 2.77 bits per heavy atom. The monoisotopic (exact) mass is 392 g/mol. The third kappa shape index (κ3) is 3.38. The molecule has 4 rings (SSSR count). The maximum Gasteiger partial charge on any atom is 0.244 e. The van der Waals surface area contributed by atoms with Gasteiger partial charge in [-0.2, -0.15) is 4.31 Å². The molecule has 1 aliphatic carbocycles. The first kappa shape index (κ1) is 17.6. The molecule has 7 nitrogen and oxygen atoms in total. The van der Waals surface area contributed by atoms with Crippen LogP contribution in [0.1, 0.15) is 29.8 Å². The zero-order valence-corrected chi connectivity index (χ0v) is 15.9. The highest BCUT2D eigenvalue weighted by Gasteiger charge is 2.32. The zero-order valence-electron chi connectivity index (χ0n) is 14.2. The quantitative estimate of drug-likeness (QED) is 0.860. The lowest BCUT2D eigenvalue weighted by atomic mass is 9.97. The van der Waals surface area contributed by atoms with Crippen molar-refractivity contribution in [2.75, 3.05) is 18.4 Å². The number of rotatable bonds is 4. The molecule has 1 fully saturated rings. The summed E-state index contributed by atoms with van der Waals surface area (Å²) in [6.07, 6.45) is 7.11. The van der Waals surface area contributed by atoms with Crippen molar-refractivity contribution in [2.24, 2.45) is 5.92 Å². The molecule has 2 aliphatic rings. The van der Waals surface area contributed by atoms with Crippen LogP contribution in [0, 0.1) is 5.92 Å². The van der Waals surface area contributed by atoms with E-state index in [0.29, 0.717) is 31.1 Å². The normalized spacial score (nSPS) is 18.6. The summed E-state index contributed by atoms with van der Waals surface area (Å²) in [5.74, 6) is -0.245. The van der Waals surface area contributed by atoms with E-state index in [2.05, 4.69) is 15.3 Å². The second-order valence-electron chi connectivity index (χ2n) is 6.60. The molecule has 9 heteroatoms. The highest BCUT2D eigenvalue weighted by Crippen LogP contribution is 2.31. The number of thiazole rings is 1. The van der Waals surface area contributed by atoms with Gasteiger partial charge in [0.25, 0.3) is 0 Å². The largest absolute Gasteiger partial charge is 0.302 e. The van der Waals surface area contributed by atoms with Crippen LogP contribution in [0.25, 0.3) is 0 Å². The molecule has 0 saturated carbocycles. The number of hydrogen-bond donors (Lipinski definition) is 1. The molecular weight excluding hydrogens is 372 g/mol. The fourth-order valence-electron chi connectivity index (χ4n) is 3.46. The Bertz CT molecular complexity index is 882. The van der Waals surface area contributed by atoms with Crippen LogP contribution in [-0.2, 0) is 27.7 Å². The van der Waals surface area contributed by atoms with Crippen molar-refractivity contribution in [3.8, 4) is 0 Å². The predicted molar refractivity (Wildman–Crippen MR) is 98.5 cm³/mol. The number of carbonyl (C=O) groups is 1. The minimum atomic E-state index is -3.54. The standard InChI is InChI=1S/C17H20N4O3S2/c22-16(20-17-19-14-4-1-5-15(14)25-17)12-6-9-21(10-7-12)26(23,24)13-3-2-8-18-11-13/h2-3,8,11-12H,1,4-7,9-10H2,(H,19,20,22). The fraction of sp³-hybridized carbons (Fsp3) is 0.471. The number of pyridine rings is 1. The van der Waals surface area contributed by atoms with E-state index in [0.717, 1.165) is 25.0 Å². The van der Waals surface area contributed by atoms with E-state index in [4.69, 9.17) is 0 Å². The van der Waals surface area contributed by atoms with Crippen molar-refractivity contribution in [3.05, 3.63) is 35.1 Å². The lowest BCUT2D eigenvalue weighted by molar-refractivity contribution is -0.120. The molecule has 0 spiro atoms. The highest BCUT2D eigenvalue weighted by molar-refractivity contribution is 7.89. The van der Waals surface area contributed by atoms with Gasteiger partial charge in [0.15, 0.2) is 5.13 Å². The topological polar surface area (TPSA) is 92.3 Å². The fourth-order valence-corrected chi connectivity index (χ4v) is 5.95. The van der Waals surface area contributed by atoms with Gasteiger partial charge in [0.2, 0.25) is 15.9 Å². The Hall–Kier alpha value is -1.84. The highest BCUT2D eigenvalue weighted by atomic mass is 32.2. The molecule has 2 aromatic rings. The van der Waals surface area contributed by atoms with Gasteiger partial charge in [-0.1, -0.05) is 0 Å². The van der Waals surface area contributed by atoms with Crippen LogP contribution < -0.4 is 5.32 Å². The summed E-state index contributed by atoms with van der Waals surface area (Å²) in [6, 6.07) is 3.15. The third-order valence-corrected chi connectivity index (χ3v) is 7.88. The van der Waals surface area contributed by atoms with Crippen LogP contribution in [-0.4, -0.2) is 41.7 Å². The van der Waals surface area contributed by atoms with Gasteiger partial charge in [0.05, 0.1) is 5.69 Å². The van der Waals surface area contributed by atoms with Gasteiger partial charge in [-0.25, -0.2) is 13.4 Å². The van der Waals surface area contributed by atoms with E-state index < -0.39 is 10.0 Å². The van der Waals surface area contributed by atoms with Crippen LogP contribution in [0.3, 0.4) is 0 Å². The smallest absolute Gasteiger partial charge is 0.244 e. The van der Waals surface area contributed by atoms with Gasteiger partial charge in [0, 0.05) is 36.3 Å². The molecule has 26 heavy (non-hydrogen) atoms. The molecule has 0 aromatic carbocycles. The summed E-state index contributed by atoms with van der Waals surface area (Å²) in [6.45, 7) is 0.674. The summed E-state index contributed by atoms with van der Waals surface area (Å²) >= 11 is 1.56. The predicted octanol–water partition coefficient (Wildman–Crippen LogP) is 2.07. The van der Waals surface area contributed by atoms with Crippen molar-refractivity contribution in [3.63, 3.8) is 0 Å². The number of fused-ring (bicyclic) bond motifs is 1. The Balaban J connectivity index is 1.36. The Labute approximate surface area is 156 Å². The number of amides is 1. The van der Waals surface area contributed by atoms with Crippen molar-refractivity contribution in [1.29, 1.82) is 0 Å². The Morgan fingerprint density at radius 1 is 1.27 bits per heavy atom. The van der Waals surface area contributed by atoms with Crippen LogP contribution >= 0.6 is 11.3 Å². The van der Waals surface area contributed by atoms with E-state index in [1.807, 2.05) is 0 Å². The molecule has 0 atom stereocenters. The Kier molecular flexibility index (Phi) is 4.76. The van der Waals surface area contributed by atoms with Crippen LogP contribution in [0.5, 0.6) is 0 Å². The molecule has 0 radical (unpaired) electrons. The van der Waals surface area contributed by atoms with Gasteiger partial charge < -0.3 is 5.32 Å². The van der Waals surface area contributed by atoms with E-state index in [9.17, 15) is 13.2 Å². The molecule has 1 saturated heterocycles. The SMILES string of the molecule is O=C(Nc1nc2c(s1)CCC2)C1CCN(S(=O)(=O)c2cccnc2)CC1. The number of aryl methyl sites for hydroxylation is 2. The van der Waals surface area contributed by atoms with Crippen molar-refractivity contribution in [1.82, 2.24) is 14.3 Å². The summed E-state index contributed by atoms with van der Waals surface area (Å²) < 4.78 is 26.7. The van der Waals surface area contributed by atoms with Crippen LogP contribution in [0.15, 0.2) is 29.4 Å². The number of nitrogens with zero attached hydrogens (tertiary/aromatic N) is 3. The van der Waals surface area contributed by atoms with Crippen LogP contribution in [0.2, 0.25) is 0 Å². The van der Waals surface area contributed by atoms with Crippen molar-refractivity contribution < 1.29 is 13.2 Å². The first-order valence-corrected chi connectivity index (χ1v) is 11.0. The maximum absolute atomic E-state index is 12.6. The van der Waals surface area contributed by atoms with E-state index in [1.165, 1.54) is 15.4 Å². The summed E-state index contributed by atoms with van der Waals surface area (Å²) in [7, 11) is -3.54. The number of aromatic nitrogens is 2. The second-order valence-corrected chi connectivity index (χ2v) is 9.62. The minimum absolute atomic E-state index is 0.0594. The van der Waals surface area contributed by atoms with Crippen LogP contribution in [0.4, 0.5) is 5.13 Å². The van der Waals surface area contributed by atoms with Gasteiger partial charge in [0.1, 0.15) is 4.90 Å². The zero-order chi connectivity index (χ0) is 18.1. The molecule has 1 N–H and O–H groups in total. The summed E-state index contributed by atoms with van der Waals surface area (Å²) in [4.78, 5) is 22.3. The summed E-state index contributed by atoms with van der Waals surface area (Å²) in [5, 5.41) is 3.59. The Morgan fingerprint density at radius 2 is 2.08 bits per heavy atom. The lowest BCUT2D eigenvalue weighted by Gasteiger charge is -2.30. The van der Waals surface area contributed by atoms with E-state index in [1.54, 1.807) is 29.7 Å². The van der Waals surface area contributed by atoms with Gasteiger partial charge in [-0.15, -0.1) is 11.3 Å². The molecule has 0 bridgehead atoms. The van der Waals surface area contributed by atoms with Crippen molar-refractivity contribution in [2.45, 2.75) is 37.0 Å². The molecule has 3 heterocycles. The number of hydrogen-bond acceptors (Lipinski definition) is 6. The number of piperidine rings is 1. The number of nitrogens with one attached hydrogen (secondary N) is 1. The van der Waals surface area contributed by atoms with E-state index >= 15 is 0 Å². The van der Waals surface area contributed by atoms with E-state index in [-0.39, 0.29) is 16.7 Å². The molecule has 1 amide bonds. The first-order valence-electron chi connectivity index (χ1n) is 8.73. The van der Waals surface area contributed by atoms with Gasteiger partial charge >= 0.3 is 0 Å². The molecule has 0 unspecified atom stereocenters. The molecular formula is C17H20N4O3S2. The average molecular weight is 393 g/mol. The first-order chi connectivity index (χ1) is 12.5. The maximum atomic E-state index is 12.6. The average Bonchev–Trinajstić information content (AvgIpc) is 3.24. The minimum Gasteiger partial charge on any atom is -0.302 e. The third-order valence-electron chi connectivity index (χ3n) is 4.92. The van der Waals surface area contributed by atoms with Gasteiger partial charge in [-0.3, -0.25) is 9.78 Å². The lowest BCUT2D eigenvalue weighted by Crippen LogP contribution is -2.41. The second kappa shape index (κ2) is 7.05. The molecule has 2 aromatic heterocycles. The number of carbonyl (C=O) groups excluding carboxylic acids is 1. The molecule has 1 aliphatic heterocycles. The van der Waals surface area contributed by atoms with Crippen molar-refractivity contribution >= 4 is 32.4 Å². The molecule has 138 valence electrons. The number of sulfonamides is 1. The number of anilines is 1. The summed E-state index contributed by atoms with van der Waals surface area (Å²) in [5.41, 5.74) is 1.11.